The lowest BCUT2D eigenvalue weighted by Gasteiger charge is -2.17. The van der Waals surface area contributed by atoms with Gasteiger partial charge >= 0.3 is 12.3 Å². The molecule has 3 aromatic rings. The standard InChI is InChI=1S/C28H23F3N2O4/c1-2-33-16-21(37-27(33)35)14-18-9-12-20(15-24(18)28(29,30)31)36-19-10-7-17(8-11-19)13-23-22-5-3-4-6-25(22)32-26(23)34/h3-13,15,21H,2,14,16H2,1H3,(H,32,34)/b23-13+. The molecule has 2 aliphatic heterocycles. The molecule has 5 rings (SSSR count). The first-order valence-corrected chi connectivity index (χ1v) is 11.8. The predicted molar refractivity (Wildman–Crippen MR) is 132 cm³/mol. The molecule has 1 fully saturated rings. The van der Waals surface area contributed by atoms with Crippen molar-refractivity contribution in [1.29, 1.82) is 0 Å². The summed E-state index contributed by atoms with van der Waals surface area (Å²) in [5.41, 5.74) is 2.03. The Kier molecular flexibility index (Phi) is 6.37. The fraction of sp³-hybridized carbons (Fsp3) is 0.214. The number of rotatable bonds is 6. The molecule has 2 heterocycles. The van der Waals surface area contributed by atoms with Gasteiger partial charge in [0, 0.05) is 29.8 Å². The topological polar surface area (TPSA) is 67.9 Å². The summed E-state index contributed by atoms with van der Waals surface area (Å²) in [6.45, 7) is 2.47. The number of nitrogens with zero attached hydrogens (tertiary/aromatic N) is 1. The molecular formula is C28H23F3N2O4. The van der Waals surface area contributed by atoms with Crippen LogP contribution < -0.4 is 10.1 Å². The molecule has 0 aromatic heterocycles. The van der Waals surface area contributed by atoms with Gasteiger partial charge in [0.25, 0.3) is 5.91 Å². The van der Waals surface area contributed by atoms with Gasteiger partial charge in [-0.3, -0.25) is 4.79 Å². The Morgan fingerprint density at radius 2 is 1.78 bits per heavy atom. The number of carbonyl (C=O) groups is 2. The van der Waals surface area contributed by atoms with Gasteiger partial charge in [0.1, 0.15) is 17.6 Å². The van der Waals surface area contributed by atoms with E-state index in [1.54, 1.807) is 37.3 Å². The van der Waals surface area contributed by atoms with Gasteiger partial charge in [-0.2, -0.15) is 13.2 Å². The van der Waals surface area contributed by atoms with Gasteiger partial charge in [-0.15, -0.1) is 0 Å². The summed E-state index contributed by atoms with van der Waals surface area (Å²) in [4.78, 5) is 25.5. The summed E-state index contributed by atoms with van der Waals surface area (Å²) >= 11 is 0. The fourth-order valence-electron chi connectivity index (χ4n) is 4.46. The van der Waals surface area contributed by atoms with Crippen molar-refractivity contribution in [3.05, 3.63) is 89.0 Å². The van der Waals surface area contributed by atoms with Crippen LogP contribution in [0.15, 0.2) is 66.7 Å². The van der Waals surface area contributed by atoms with Crippen molar-refractivity contribution in [2.75, 3.05) is 18.4 Å². The van der Waals surface area contributed by atoms with E-state index < -0.39 is 23.9 Å². The number of halogens is 3. The highest BCUT2D eigenvalue weighted by atomic mass is 19.4. The number of para-hydroxylation sites is 1. The second-order valence-corrected chi connectivity index (χ2v) is 8.79. The van der Waals surface area contributed by atoms with Crippen LogP contribution in [0.3, 0.4) is 0 Å². The smallest absolute Gasteiger partial charge is 0.416 e. The number of hydrogen-bond acceptors (Lipinski definition) is 4. The third kappa shape index (κ3) is 5.16. The van der Waals surface area contributed by atoms with E-state index >= 15 is 0 Å². The van der Waals surface area contributed by atoms with Crippen molar-refractivity contribution < 1.29 is 32.2 Å². The molecule has 2 aliphatic rings. The van der Waals surface area contributed by atoms with Crippen molar-refractivity contribution >= 4 is 29.3 Å². The minimum absolute atomic E-state index is 0.0323. The van der Waals surface area contributed by atoms with E-state index in [0.29, 0.717) is 17.9 Å². The molecule has 1 N–H and O–H groups in total. The Balaban J connectivity index is 1.33. The number of benzene rings is 3. The molecule has 0 saturated carbocycles. The SMILES string of the molecule is CCN1CC(Cc2ccc(Oc3ccc(/C=C4/C(=O)Nc5ccccc54)cc3)cc2C(F)(F)F)OC1=O. The number of nitrogens with one attached hydrogen (secondary N) is 1. The lowest BCUT2D eigenvalue weighted by atomic mass is 10.0. The molecule has 9 heteroatoms. The van der Waals surface area contributed by atoms with E-state index in [4.69, 9.17) is 9.47 Å². The quantitative estimate of drug-likeness (QED) is 0.393. The van der Waals surface area contributed by atoms with E-state index in [9.17, 15) is 22.8 Å². The van der Waals surface area contributed by atoms with Crippen molar-refractivity contribution in [1.82, 2.24) is 4.90 Å². The van der Waals surface area contributed by atoms with Gasteiger partial charge in [0.05, 0.1) is 12.1 Å². The molecule has 0 spiro atoms. The zero-order valence-corrected chi connectivity index (χ0v) is 19.8. The Morgan fingerprint density at radius 3 is 2.49 bits per heavy atom. The normalized spacial score (nSPS) is 18.1. The van der Waals surface area contributed by atoms with E-state index in [0.717, 1.165) is 22.9 Å². The third-order valence-corrected chi connectivity index (χ3v) is 6.30. The maximum atomic E-state index is 13.8. The number of cyclic esters (lactones) is 1. The van der Waals surface area contributed by atoms with Crippen LogP contribution in [-0.4, -0.2) is 36.1 Å². The number of carbonyl (C=O) groups excluding carboxylic acids is 2. The molecule has 37 heavy (non-hydrogen) atoms. The summed E-state index contributed by atoms with van der Waals surface area (Å²) in [7, 11) is 0. The van der Waals surface area contributed by atoms with Crippen LogP contribution in [0.4, 0.5) is 23.7 Å². The van der Waals surface area contributed by atoms with Gasteiger partial charge in [-0.05, 0) is 54.5 Å². The van der Waals surface area contributed by atoms with E-state index in [2.05, 4.69) is 5.32 Å². The first-order valence-electron chi connectivity index (χ1n) is 11.8. The summed E-state index contributed by atoms with van der Waals surface area (Å²) in [5, 5.41) is 2.81. The minimum Gasteiger partial charge on any atom is -0.457 e. The molecule has 2 amide bonds. The molecule has 3 aromatic carbocycles. The minimum atomic E-state index is -4.60. The van der Waals surface area contributed by atoms with Gasteiger partial charge in [0.15, 0.2) is 0 Å². The van der Waals surface area contributed by atoms with Gasteiger partial charge < -0.3 is 19.7 Å². The van der Waals surface area contributed by atoms with Crippen molar-refractivity contribution in [2.45, 2.75) is 25.6 Å². The Bertz CT molecular complexity index is 1380. The molecule has 0 radical (unpaired) electrons. The van der Waals surface area contributed by atoms with E-state index in [1.807, 2.05) is 24.3 Å². The summed E-state index contributed by atoms with van der Waals surface area (Å²) < 4.78 is 52.4. The van der Waals surface area contributed by atoms with Gasteiger partial charge in [0.2, 0.25) is 0 Å². The van der Waals surface area contributed by atoms with Crippen LogP contribution in [-0.2, 0) is 22.1 Å². The maximum Gasteiger partial charge on any atom is 0.416 e. The molecule has 0 bridgehead atoms. The van der Waals surface area contributed by atoms with Crippen LogP contribution in [0.2, 0.25) is 0 Å². The lowest BCUT2D eigenvalue weighted by Crippen LogP contribution is -2.25. The van der Waals surface area contributed by atoms with E-state index in [1.165, 1.54) is 17.0 Å². The number of hydrogen-bond donors (Lipinski definition) is 1. The van der Waals surface area contributed by atoms with Crippen LogP contribution in [0.1, 0.15) is 29.2 Å². The average molecular weight is 508 g/mol. The second-order valence-electron chi connectivity index (χ2n) is 8.79. The van der Waals surface area contributed by atoms with Crippen LogP contribution >= 0.6 is 0 Å². The molecule has 0 aliphatic carbocycles. The van der Waals surface area contributed by atoms with Crippen molar-refractivity contribution in [3.63, 3.8) is 0 Å². The van der Waals surface area contributed by atoms with Crippen LogP contribution in [0.25, 0.3) is 11.6 Å². The first-order chi connectivity index (χ1) is 17.7. The van der Waals surface area contributed by atoms with Crippen LogP contribution in [0.5, 0.6) is 11.5 Å². The first kappa shape index (κ1) is 24.4. The van der Waals surface area contributed by atoms with Gasteiger partial charge in [-0.1, -0.05) is 36.4 Å². The molecular weight excluding hydrogens is 485 g/mol. The van der Waals surface area contributed by atoms with Crippen LogP contribution in [0, 0.1) is 0 Å². The zero-order valence-electron chi connectivity index (χ0n) is 19.8. The number of ether oxygens (including phenoxy) is 2. The highest BCUT2D eigenvalue weighted by Crippen LogP contribution is 2.37. The second kappa shape index (κ2) is 9.65. The van der Waals surface area contributed by atoms with Crippen molar-refractivity contribution in [3.8, 4) is 11.5 Å². The molecule has 190 valence electrons. The number of alkyl halides is 3. The molecule has 1 saturated heterocycles. The average Bonchev–Trinajstić information content (AvgIpc) is 3.38. The zero-order chi connectivity index (χ0) is 26.2. The van der Waals surface area contributed by atoms with Gasteiger partial charge in [-0.25, -0.2) is 4.79 Å². The largest absolute Gasteiger partial charge is 0.457 e. The lowest BCUT2D eigenvalue weighted by molar-refractivity contribution is -0.138. The molecule has 6 nitrogen and oxygen atoms in total. The number of fused-ring (bicyclic) bond motifs is 1. The number of anilines is 1. The molecule has 1 unspecified atom stereocenters. The van der Waals surface area contributed by atoms with Crippen molar-refractivity contribution in [2.24, 2.45) is 0 Å². The fourth-order valence-corrected chi connectivity index (χ4v) is 4.46. The Hall–Kier alpha value is -4.27. The predicted octanol–water partition coefficient (Wildman–Crippen LogP) is 6.37. The summed E-state index contributed by atoms with van der Waals surface area (Å²) in [6, 6.07) is 17.9. The van der Waals surface area contributed by atoms with E-state index in [-0.39, 0.29) is 30.2 Å². The number of likely N-dealkylation sites (N-methyl/N-ethyl adjacent to an activating group) is 1. The highest BCUT2D eigenvalue weighted by molar-refractivity contribution is 6.34. The summed E-state index contributed by atoms with van der Waals surface area (Å²) in [6.07, 6.45) is -4.06. The highest BCUT2D eigenvalue weighted by Gasteiger charge is 2.37. The summed E-state index contributed by atoms with van der Waals surface area (Å²) in [5.74, 6) is 0.184. The number of amides is 2. The molecule has 1 atom stereocenters. The Morgan fingerprint density at radius 1 is 1.05 bits per heavy atom. The maximum absolute atomic E-state index is 13.8. The monoisotopic (exact) mass is 508 g/mol. The Labute approximate surface area is 211 Å². The third-order valence-electron chi connectivity index (χ3n) is 6.30.